The molecule has 7 nitrogen and oxygen atoms in total. The molecule has 1 unspecified atom stereocenters. The van der Waals surface area contributed by atoms with Crippen molar-refractivity contribution in [3.8, 4) is 5.75 Å². The Labute approximate surface area is 165 Å². The number of carbonyl (C=O) groups excluding carboxylic acids is 1. The molecule has 0 radical (unpaired) electrons. The minimum absolute atomic E-state index is 0.0318. The molecule has 28 heavy (non-hydrogen) atoms. The van der Waals surface area contributed by atoms with E-state index in [4.69, 9.17) is 22.1 Å². The number of hydrogen-bond donors (Lipinski definition) is 3. The highest BCUT2D eigenvalue weighted by Gasteiger charge is 2.30. The number of anilines is 2. The minimum Gasteiger partial charge on any atom is -0.489 e. The van der Waals surface area contributed by atoms with Crippen LogP contribution in [-0.2, 0) is 11.4 Å². The molecule has 0 spiro atoms. The van der Waals surface area contributed by atoms with E-state index in [0.29, 0.717) is 22.9 Å². The van der Waals surface area contributed by atoms with Gasteiger partial charge in [-0.1, -0.05) is 35.9 Å². The van der Waals surface area contributed by atoms with Crippen LogP contribution in [0.5, 0.6) is 5.75 Å². The predicted octanol–water partition coefficient (Wildman–Crippen LogP) is 3.06. The average Bonchev–Trinajstić information content (AvgIpc) is 2.67. The van der Waals surface area contributed by atoms with E-state index < -0.39 is 5.92 Å². The number of carbonyl (C=O) groups is 1. The molecule has 1 aromatic heterocycles. The van der Waals surface area contributed by atoms with Crippen LogP contribution in [0.2, 0.25) is 5.02 Å². The Morgan fingerprint density at radius 3 is 2.54 bits per heavy atom. The number of amides is 1. The van der Waals surface area contributed by atoms with Crippen LogP contribution in [0.25, 0.3) is 0 Å². The van der Waals surface area contributed by atoms with Gasteiger partial charge in [-0.3, -0.25) is 14.6 Å². The van der Waals surface area contributed by atoms with E-state index >= 15 is 0 Å². The lowest BCUT2D eigenvalue weighted by Crippen LogP contribution is -2.31. The number of rotatable bonds is 4. The molecule has 0 saturated heterocycles. The van der Waals surface area contributed by atoms with Crippen molar-refractivity contribution in [1.82, 2.24) is 9.97 Å². The summed E-state index contributed by atoms with van der Waals surface area (Å²) >= 11 is 5.88. The summed E-state index contributed by atoms with van der Waals surface area (Å²) in [4.78, 5) is 30.9. The Morgan fingerprint density at radius 1 is 1.11 bits per heavy atom. The third-order valence-corrected chi connectivity index (χ3v) is 4.82. The molecule has 1 aliphatic rings. The number of H-pyrrole nitrogens is 1. The molecule has 4 N–H and O–H groups in total. The van der Waals surface area contributed by atoms with Crippen molar-refractivity contribution < 1.29 is 9.53 Å². The van der Waals surface area contributed by atoms with Crippen molar-refractivity contribution >= 4 is 29.3 Å². The predicted molar refractivity (Wildman–Crippen MR) is 107 cm³/mol. The molecule has 8 heteroatoms. The van der Waals surface area contributed by atoms with Crippen LogP contribution in [0.1, 0.15) is 29.0 Å². The van der Waals surface area contributed by atoms with Crippen LogP contribution in [0.3, 0.4) is 0 Å². The monoisotopic (exact) mass is 396 g/mol. The summed E-state index contributed by atoms with van der Waals surface area (Å²) < 4.78 is 5.79. The quantitative estimate of drug-likeness (QED) is 0.627. The van der Waals surface area contributed by atoms with E-state index in [1.807, 2.05) is 48.5 Å². The third-order valence-electron chi connectivity index (χ3n) is 4.57. The fraction of sp³-hybridized carbons (Fsp3) is 0.150. The lowest BCUT2D eigenvalue weighted by Gasteiger charge is -2.24. The second-order valence-corrected chi connectivity index (χ2v) is 6.94. The fourth-order valence-electron chi connectivity index (χ4n) is 3.22. The van der Waals surface area contributed by atoms with Crippen molar-refractivity contribution in [1.29, 1.82) is 0 Å². The van der Waals surface area contributed by atoms with E-state index in [1.54, 1.807) is 0 Å². The maximum absolute atomic E-state index is 12.4. The SMILES string of the molecule is Nc1nc2c(c(=O)[nH]1)C(c1ccc(OCc3ccc(Cl)cc3)cc1)CC(=O)N2. The maximum Gasteiger partial charge on any atom is 0.258 e. The number of nitrogens with one attached hydrogen (secondary N) is 2. The van der Waals surface area contributed by atoms with E-state index in [1.165, 1.54) is 0 Å². The topological polar surface area (TPSA) is 110 Å². The molecule has 2 heterocycles. The maximum atomic E-state index is 12.4. The molecule has 0 fully saturated rings. The second-order valence-electron chi connectivity index (χ2n) is 6.50. The van der Waals surface area contributed by atoms with Gasteiger partial charge in [-0.2, -0.15) is 4.98 Å². The van der Waals surface area contributed by atoms with Gasteiger partial charge in [0.05, 0.1) is 5.56 Å². The number of nitrogens with zero attached hydrogens (tertiary/aromatic N) is 1. The highest BCUT2D eigenvalue weighted by molar-refractivity contribution is 6.30. The van der Waals surface area contributed by atoms with E-state index in [2.05, 4.69) is 15.3 Å². The molecule has 3 aromatic rings. The summed E-state index contributed by atoms with van der Waals surface area (Å²) in [5.41, 5.74) is 7.46. The van der Waals surface area contributed by atoms with Gasteiger partial charge in [-0.25, -0.2) is 0 Å². The summed E-state index contributed by atoms with van der Waals surface area (Å²) in [6.45, 7) is 0.411. The number of aromatic amines is 1. The van der Waals surface area contributed by atoms with Crippen molar-refractivity contribution in [2.24, 2.45) is 0 Å². The van der Waals surface area contributed by atoms with Crippen LogP contribution in [0, 0.1) is 0 Å². The molecule has 1 amide bonds. The average molecular weight is 397 g/mol. The van der Waals surface area contributed by atoms with E-state index in [-0.39, 0.29) is 29.7 Å². The number of aromatic nitrogens is 2. The van der Waals surface area contributed by atoms with Gasteiger partial charge in [-0.05, 0) is 35.4 Å². The van der Waals surface area contributed by atoms with Gasteiger partial charge in [0.1, 0.15) is 18.2 Å². The Morgan fingerprint density at radius 2 is 1.82 bits per heavy atom. The Bertz CT molecular complexity index is 1080. The Balaban J connectivity index is 1.55. The first-order valence-corrected chi connectivity index (χ1v) is 9.04. The standard InChI is InChI=1S/C20H17ClN4O3/c21-13-5-1-11(2-6-13)10-28-14-7-3-12(4-8-14)15-9-16(26)23-18-17(15)19(27)25-20(22)24-18/h1-8,15H,9-10H2,(H4,22,23,24,25,26,27). The van der Waals surface area contributed by atoms with E-state index in [0.717, 1.165) is 11.1 Å². The molecular formula is C20H17ClN4O3. The summed E-state index contributed by atoms with van der Waals surface area (Å²) in [5, 5.41) is 3.29. The summed E-state index contributed by atoms with van der Waals surface area (Å²) in [7, 11) is 0. The molecule has 4 rings (SSSR count). The Kier molecular flexibility index (Phi) is 4.75. The molecule has 1 atom stereocenters. The highest BCUT2D eigenvalue weighted by atomic mass is 35.5. The molecular weight excluding hydrogens is 380 g/mol. The molecule has 1 aliphatic heterocycles. The fourth-order valence-corrected chi connectivity index (χ4v) is 3.34. The van der Waals surface area contributed by atoms with Crippen molar-refractivity contribution in [3.63, 3.8) is 0 Å². The van der Waals surface area contributed by atoms with Gasteiger partial charge in [0.2, 0.25) is 11.9 Å². The highest BCUT2D eigenvalue weighted by Crippen LogP contribution is 2.34. The Hall–Kier alpha value is -3.32. The van der Waals surface area contributed by atoms with Crippen molar-refractivity contribution in [3.05, 3.63) is 80.6 Å². The first-order chi connectivity index (χ1) is 13.5. The third kappa shape index (κ3) is 3.70. The number of fused-ring (bicyclic) bond motifs is 1. The number of nitrogens with two attached hydrogens (primary N) is 1. The van der Waals surface area contributed by atoms with Gasteiger partial charge in [0.15, 0.2) is 0 Å². The molecule has 2 aromatic carbocycles. The second kappa shape index (κ2) is 7.36. The zero-order valence-corrected chi connectivity index (χ0v) is 15.5. The number of nitrogen functional groups attached to an aromatic ring is 1. The summed E-state index contributed by atoms with van der Waals surface area (Å²) in [5.74, 6) is 0.258. The summed E-state index contributed by atoms with van der Waals surface area (Å²) in [6.07, 6.45) is 0.159. The number of hydrogen-bond acceptors (Lipinski definition) is 5. The lowest BCUT2D eigenvalue weighted by atomic mass is 9.87. The van der Waals surface area contributed by atoms with Crippen LogP contribution in [0.4, 0.5) is 11.8 Å². The number of benzene rings is 2. The minimum atomic E-state index is -0.397. The van der Waals surface area contributed by atoms with Crippen LogP contribution in [-0.4, -0.2) is 15.9 Å². The van der Waals surface area contributed by atoms with Crippen molar-refractivity contribution in [2.45, 2.75) is 18.9 Å². The number of ether oxygens (including phenoxy) is 1. The molecule has 0 saturated carbocycles. The molecule has 142 valence electrons. The smallest absolute Gasteiger partial charge is 0.258 e. The van der Waals surface area contributed by atoms with E-state index in [9.17, 15) is 9.59 Å². The van der Waals surface area contributed by atoms with Crippen molar-refractivity contribution in [2.75, 3.05) is 11.1 Å². The molecule has 0 aliphatic carbocycles. The zero-order chi connectivity index (χ0) is 19.7. The number of halogens is 1. The van der Waals surface area contributed by atoms with Gasteiger partial charge in [-0.15, -0.1) is 0 Å². The zero-order valence-electron chi connectivity index (χ0n) is 14.7. The molecule has 0 bridgehead atoms. The first kappa shape index (κ1) is 18.1. The largest absolute Gasteiger partial charge is 0.489 e. The normalized spacial score (nSPS) is 15.6. The van der Waals surface area contributed by atoms with Gasteiger partial charge >= 0.3 is 0 Å². The summed E-state index contributed by atoms with van der Waals surface area (Å²) in [6, 6.07) is 14.8. The van der Waals surface area contributed by atoms with Gasteiger partial charge in [0.25, 0.3) is 5.56 Å². The van der Waals surface area contributed by atoms with Gasteiger partial charge < -0.3 is 15.8 Å². The first-order valence-electron chi connectivity index (χ1n) is 8.66. The lowest BCUT2D eigenvalue weighted by molar-refractivity contribution is -0.116. The van der Waals surface area contributed by atoms with Crippen LogP contribution in [0.15, 0.2) is 53.3 Å². The van der Waals surface area contributed by atoms with Crippen LogP contribution >= 0.6 is 11.6 Å². The van der Waals surface area contributed by atoms with Gasteiger partial charge in [0, 0.05) is 17.4 Å². The van der Waals surface area contributed by atoms with Crippen LogP contribution < -0.4 is 21.3 Å².